The zero-order valence-corrected chi connectivity index (χ0v) is 12.7. The minimum atomic E-state index is -0.941. The van der Waals surface area contributed by atoms with Crippen molar-refractivity contribution in [2.45, 2.75) is 44.2 Å². The third kappa shape index (κ3) is 2.70. The van der Waals surface area contributed by atoms with Gasteiger partial charge in [-0.25, -0.2) is 0 Å². The lowest BCUT2D eigenvalue weighted by molar-refractivity contribution is -0.127. The molecular weight excluding hydrogens is 272 g/mol. The lowest BCUT2D eigenvalue weighted by Gasteiger charge is -2.29. The molecule has 1 aromatic rings. The van der Waals surface area contributed by atoms with Gasteiger partial charge in [-0.05, 0) is 43.6 Å². The Morgan fingerprint density at radius 3 is 2.50 bits per heavy atom. The predicted molar refractivity (Wildman–Crippen MR) is 82.6 cm³/mol. The average molecular weight is 295 g/mol. The van der Waals surface area contributed by atoms with Crippen LogP contribution in [0.5, 0.6) is 0 Å². The number of amides is 1. The zero-order valence-electron chi connectivity index (χ0n) is 11.8. The predicted octanol–water partition coefficient (Wildman–Crippen LogP) is 2.59. The maximum Gasteiger partial charge on any atom is 0.244 e. The Labute approximate surface area is 126 Å². The number of nitrogens with one attached hydrogen (secondary N) is 1. The summed E-state index contributed by atoms with van der Waals surface area (Å²) in [6.07, 6.45) is 5.04. The maximum absolute atomic E-state index is 12.5. The summed E-state index contributed by atoms with van der Waals surface area (Å²) in [7, 11) is 0. The Morgan fingerprint density at radius 2 is 1.95 bits per heavy atom. The van der Waals surface area contributed by atoms with Crippen LogP contribution in [0.25, 0.3) is 0 Å². The maximum atomic E-state index is 12.5. The van der Waals surface area contributed by atoms with E-state index in [4.69, 9.17) is 5.73 Å². The third-order valence-corrected chi connectivity index (χ3v) is 4.90. The Balaban J connectivity index is 0.00000147. The van der Waals surface area contributed by atoms with Crippen LogP contribution >= 0.6 is 12.4 Å². The molecule has 4 unspecified atom stereocenters. The van der Waals surface area contributed by atoms with E-state index in [9.17, 15) is 4.79 Å². The summed E-state index contributed by atoms with van der Waals surface area (Å²) in [6, 6.07) is 9.96. The number of carbonyl (C=O) groups excluding carboxylic acids is 1. The summed E-state index contributed by atoms with van der Waals surface area (Å²) in [5, 5.41) is 3.19. The number of hydrogen-bond donors (Lipinski definition) is 2. The first kappa shape index (κ1) is 15.3. The van der Waals surface area contributed by atoms with Crippen molar-refractivity contribution >= 4 is 18.3 Å². The molecule has 1 amide bonds. The Hall–Kier alpha value is -1.06. The van der Waals surface area contributed by atoms with Crippen molar-refractivity contribution in [2.75, 3.05) is 0 Å². The molecule has 0 heterocycles. The summed E-state index contributed by atoms with van der Waals surface area (Å²) in [4.78, 5) is 12.5. The largest absolute Gasteiger partial charge is 0.351 e. The van der Waals surface area contributed by atoms with E-state index < -0.39 is 5.54 Å². The van der Waals surface area contributed by atoms with E-state index in [0.717, 1.165) is 17.9 Å². The van der Waals surface area contributed by atoms with E-state index in [2.05, 4.69) is 5.32 Å². The van der Waals surface area contributed by atoms with Crippen molar-refractivity contribution in [3.05, 3.63) is 35.9 Å². The smallest absolute Gasteiger partial charge is 0.244 e. The van der Waals surface area contributed by atoms with Gasteiger partial charge in [0.15, 0.2) is 0 Å². The van der Waals surface area contributed by atoms with Gasteiger partial charge >= 0.3 is 0 Å². The topological polar surface area (TPSA) is 55.1 Å². The summed E-state index contributed by atoms with van der Waals surface area (Å²) in [6.45, 7) is 1.80. The fourth-order valence-corrected chi connectivity index (χ4v) is 3.66. The summed E-state index contributed by atoms with van der Waals surface area (Å²) in [5.74, 6) is 1.47. The van der Waals surface area contributed by atoms with Crippen molar-refractivity contribution in [1.82, 2.24) is 5.32 Å². The molecule has 110 valence electrons. The fraction of sp³-hybridized carbons (Fsp3) is 0.562. The zero-order chi connectivity index (χ0) is 13.5. The molecule has 1 aromatic carbocycles. The molecule has 3 N–H and O–H groups in total. The van der Waals surface area contributed by atoms with E-state index in [1.165, 1.54) is 19.3 Å². The molecule has 4 atom stereocenters. The highest BCUT2D eigenvalue weighted by atomic mass is 35.5. The van der Waals surface area contributed by atoms with Gasteiger partial charge in [-0.3, -0.25) is 4.79 Å². The van der Waals surface area contributed by atoms with Crippen LogP contribution < -0.4 is 11.1 Å². The molecule has 2 aliphatic carbocycles. The second-order valence-corrected chi connectivity index (χ2v) is 6.32. The van der Waals surface area contributed by atoms with E-state index in [1.54, 1.807) is 6.92 Å². The SMILES string of the molecule is CC(N)(C(=O)NC1CC2CCC1C2)c1ccccc1.Cl. The quantitative estimate of drug-likeness (QED) is 0.900. The first-order valence-electron chi connectivity index (χ1n) is 7.22. The Kier molecular flexibility index (Phi) is 4.40. The van der Waals surface area contributed by atoms with Crippen LogP contribution in [0.1, 0.15) is 38.2 Å². The number of fused-ring (bicyclic) bond motifs is 2. The van der Waals surface area contributed by atoms with Gasteiger partial charge in [0.1, 0.15) is 5.54 Å². The van der Waals surface area contributed by atoms with Gasteiger partial charge in [-0.15, -0.1) is 12.4 Å². The monoisotopic (exact) mass is 294 g/mol. The van der Waals surface area contributed by atoms with Gasteiger partial charge in [0, 0.05) is 6.04 Å². The van der Waals surface area contributed by atoms with Crippen LogP contribution in [-0.2, 0) is 10.3 Å². The molecule has 20 heavy (non-hydrogen) atoms. The molecule has 3 rings (SSSR count). The normalized spacial score (nSPS) is 30.4. The van der Waals surface area contributed by atoms with E-state index in [-0.39, 0.29) is 18.3 Å². The molecule has 2 aliphatic rings. The summed E-state index contributed by atoms with van der Waals surface area (Å²) in [5.41, 5.74) is 6.18. The summed E-state index contributed by atoms with van der Waals surface area (Å²) < 4.78 is 0. The second-order valence-electron chi connectivity index (χ2n) is 6.32. The van der Waals surface area contributed by atoms with Crippen LogP contribution in [0, 0.1) is 11.8 Å². The van der Waals surface area contributed by atoms with Gasteiger partial charge < -0.3 is 11.1 Å². The lowest BCUT2D eigenvalue weighted by Crippen LogP contribution is -2.53. The lowest BCUT2D eigenvalue weighted by atomic mass is 9.90. The Bertz CT molecular complexity index is 475. The molecule has 0 aliphatic heterocycles. The van der Waals surface area contributed by atoms with Gasteiger partial charge in [-0.2, -0.15) is 0 Å². The van der Waals surface area contributed by atoms with Crippen LogP contribution in [0.4, 0.5) is 0 Å². The van der Waals surface area contributed by atoms with Crippen LogP contribution in [-0.4, -0.2) is 11.9 Å². The molecule has 0 saturated heterocycles. The van der Waals surface area contributed by atoms with Gasteiger partial charge in [0.25, 0.3) is 0 Å². The molecule has 0 aromatic heterocycles. The number of rotatable bonds is 3. The van der Waals surface area contributed by atoms with Crippen LogP contribution in [0.3, 0.4) is 0 Å². The number of benzene rings is 1. The van der Waals surface area contributed by atoms with E-state index in [0.29, 0.717) is 12.0 Å². The third-order valence-electron chi connectivity index (χ3n) is 4.90. The molecule has 2 fully saturated rings. The molecule has 0 radical (unpaired) electrons. The first-order chi connectivity index (χ1) is 9.07. The molecule has 0 spiro atoms. The molecule has 3 nitrogen and oxygen atoms in total. The van der Waals surface area contributed by atoms with Gasteiger partial charge in [0.2, 0.25) is 5.91 Å². The first-order valence-corrected chi connectivity index (χ1v) is 7.22. The molecule has 4 heteroatoms. The number of nitrogens with two attached hydrogens (primary N) is 1. The fourth-order valence-electron chi connectivity index (χ4n) is 3.66. The number of hydrogen-bond acceptors (Lipinski definition) is 2. The van der Waals surface area contributed by atoms with Crippen LogP contribution in [0.2, 0.25) is 0 Å². The minimum absolute atomic E-state index is 0. The van der Waals surface area contributed by atoms with Gasteiger partial charge in [0.05, 0.1) is 0 Å². The van der Waals surface area contributed by atoms with Crippen molar-refractivity contribution in [2.24, 2.45) is 17.6 Å². The Morgan fingerprint density at radius 1 is 1.25 bits per heavy atom. The van der Waals surface area contributed by atoms with Crippen LogP contribution in [0.15, 0.2) is 30.3 Å². The van der Waals surface area contributed by atoms with E-state index >= 15 is 0 Å². The second kappa shape index (κ2) is 5.74. The van der Waals surface area contributed by atoms with E-state index in [1.807, 2.05) is 30.3 Å². The van der Waals surface area contributed by atoms with Gasteiger partial charge in [-0.1, -0.05) is 36.8 Å². The number of halogens is 1. The minimum Gasteiger partial charge on any atom is -0.351 e. The highest BCUT2D eigenvalue weighted by Crippen LogP contribution is 2.44. The standard InChI is InChI=1S/C16H22N2O.ClH/c1-16(17,13-5-3-2-4-6-13)15(19)18-14-10-11-7-8-12(14)9-11;/h2-6,11-12,14H,7-10,17H2,1H3,(H,18,19);1H. The highest BCUT2D eigenvalue weighted by Gasteiger charge is 2.42. The van der Waals surface area contributed by atoms with Crippen molar-refractivity contribution in [3.63, 3.8) is 0 Å². The van der Waals surface area contributed by atoms with Crippen molar-refractivity contribution < 1.29 is 4.79 Å². The average Bonchev–Trinajstić information content (AvgIpc) is 3.02. The number of carbonyl (C=O) groups is 1. The molecular formula is C16H23ClN2O. The molecule has 2 bridgehead atoms. The molecule has 2 saturated carbocycles. The summed E-state index contributed by atoms with van der Waals surface area (Å²) >= 11 is 0. The van der Waals surface area contributed by atoms with Crippen molar-refractivity contribution in [1.29, 1.82) is 0 Å². The highest BCUT2D eigenvalue weighted by molar-refractivity contribution is 5.87. The van der Waals surface area contributed by atoms with Crippen molar-refractivity contribution in [3.8, 4) is 0 Å².